The monoisotopic (exact) mass is 238 g/mol. The number of likely N-dealkylation sites (N-methyl/N-ethyl adjacent to an activating group) is 1. The standard InChI is InChI=1S/C13H22N2S/c1-3-12(8-14-2)15(13-4-5-13)9-11-6-7-16-10-11/h6-7,10,12-14H,3-5,8-9H2,1-2H3. The normalized spacial score (nSPS) is 17.9. The fraction of sp³-hybridized carbons (Fsp3) is 0.692. The number of rotatable bonds is 7. The van der Waals surface area contributed by atoms with E-state index in [-0.39, 0.29) is 0 Å². The molecule has 16 heavy (non-hydrogen) atoms. The lowest BCUT2D eigenvalue weighted by Gasteiger charge is -2.31. The highest BCUT2D eigenvalue weighted by molar-refractivity contribution is 7.07. The van der Waals surface area contributed by atoms with Crippen LogP contribution in [0.4, 0.5) is 0 Å². The molecule has 1 aliphatic carbocycles. The number of nitrogens with zero attached hydrogens (tertiary/aromatic N) is 1. The molecule has 0 amide bonds. The van der Waals surface area contributed by atoms with Crippen molar-refractivity contribution in [1.82, 2.24) is 10.2 Å². The summed E-state index contributed by atoms with van der Waals surface area (Å²) in [6, 6.07) is 3.79. The molecular formula is C13H22N2S. The van der Waals surface area contributed by atoms with Gasteiger partial charge in [-0.2, -0.15) is 11.3 Å². The summed E-state index contributed by atoms with van der Waals surface area (Å²) >= 11 is 1.80. The van der Waals surface area contributed by atoms with Crippen LogP contribution >= 0.6 is 11.3 Å². The zero-order valence-electron chi connectivity index (χ0n) is 10.3. The molecule has 90 valence electrons. The van der Waals surface area contributed by atoms with E-state index in [1.54, 1.807) is 11.3 Å². The van der Waals surface area contributed by atoms with Crippen LogP contribution in [-0.4, -0.2) is 30.6 Å². The van der Waals surface area contributed by atoms with Crippen LogP contribution in [0.5, 0.6) is 0 Å². The molecule has 1 unspecified atom stereocenters. The van der Waals surface area contributed by atoms with Gasteiger partial charge < -0.3 is 5.32 Å². The van der Waals surface area contributed by atoms with Crippen LogP contribution < -0.4 is 5.32 Å². The van der Waals surface area contributed by atoms with E-state index in [0.29, 0.717) is 6.04 Å². The van der Waals surface area contributed by atoms with Gasteiger partial charge >= 0.3 is 0 Å². The molecule has 2 nitrogen and oxygen atoms in total. The van der Waals surface area contributed by atoms with E-state index in [1.807, 2.05) is 0 Å². The molecule has 1 fully saturated rings. The Labute approximate surface area is 103 Å². The summed E-state index contributed by atoms with van der Waals surface area (Å²) in [5, 5.41) is 7.78. The van der Waals surface area contributed by atoms with Crippen molar-refractivity contribution in [3.63, 3.8) is 0 Å². The lowest BCUT2D eigenvalue weighted by atomic mass is 10.1. The van der Waals surface area contributed by atoms with E-state index >= 15 is 0 Å². The molecule has 1 saturated carbocycles. The Balaban J connectivity index is 1.98. The summed E-state index contributed by atoms with van der Waals surface area (Å²) in [5.74, 6) is 0. The largest absolute Gasteiger partial charge is 0.318 e. The average molecular weight is 238 g/mol. The van der Waals surface area contributed by atoms with E-state index < -0.39 is 0 Å². The van der Waals surface area contributed by atoms with Crippen molar-refractivity contribution in [1.29, 1.82) is 0 Å². The zero-order chi connectivity index (χ0) is 11.4. The molecule has 1 atom stereocenters. The van der Waals surface area contributed by atoms with Crippen LogP contribution in [0.2, 0.25) is 0 Å². The molecular weight excluding hydrogens is 216 g/mol. The molecule has 0 saturated heterocycles. The van der Waals surface area contributed by atoms with Gasteiger partial charge in [0.05, 0.1) is 0 Å². The van der Waals surface area contributed by atoms with Gasteiger partial charge in [-0.1, -0.05) is 6.92 Å². The van der Waals surface area contributed by atoms with Crippen molar-refractivity contribution < 1.29 is 0 Å². The van der Waals surface area contributed by atoms with Crippen LogP contribution in [0.3, 0.4) is 0 Å². The summed E-state index contributed by atoms with van der Waals surface area (Å²) < 4.78 is 0. The van der Waals surface area contributed by atoms with Crippen LogP contribution in [-0.2, 0) is 6.54 Å². The zero-order valence-corrected chi connectivity index (χ0v) is 11.1. The van der Waals surface area contributed by atoms with Crippen LogP contribution in [0.25, 0.3) is 0 Å². The summed E-state index contributed by atoms with van der Waals surface area (Å²) in [4.78, 5) is 2.69. The molecule has 1 aliphatic rings. The summed E-state index contributed by atoms with van der Waals surface area (Å²) in [6.07, 6.45) is 4.02. The van der Waals surface area contributed by atoms with Crippen molar-refractivity contribution in [2.75, 3.05) is 13.6 Å². The van der Waals surface area contributed by atoms with Gasteiger partial charge in [-0.05, 0) is 48.7 Å². The minimum Gasteiger partial charge on any atom is -0.318 e. The van der Waals surface area contributed by atoms with E-state index in [1.165, 1.54) is 24.8 Å². The van der Waals surface area contributed by atoms with Crippen molar-refractivity contribution in [2.24, 2.45) is 0 Å². The highest BCUT2D eigenvalue weighted by atomic mass is 32.1. The molecule has 0 aliphatic heterocycles. The first-order valence-electron chi connectivity index (χ1n) is 6.26. The smallest absolute Gasteiger partial charge is 0.0248 e. The van der Waals surface area contributed by atoms with Crippen LogP contribution in [0.1, 0.15) is 31.7 Å². The Morgan fingerprint density at radius 2 is 2.38 bits per heavy atom. The van der Waals surface area contributed by atoms with Gasteiger partial charge in [-0.15, -0.1) is 0 Å². The summed E-state index contributed by atoms with van der Waals surface area (Å²) in [5.41, 5.74) is 1.48. The first-order chi connectivity index (χ1) is 7.85. The van der Waals surface area contributed by atoms with E-state index in [4.69, 9.17) is 0 Å². The average Bonchev–Trinajstić information content (AvgIpc) is 3.01. The maximum Gasteiger partial charge on any atom is 0.0248 e. The number of nitrogens with one attached hydrogen (secondary N) is 1. The molecule has 1 aromatic heterocycles. The summed E-state index contributed by atoms with van der Waals surface area (Å²) in [6.45, 7) is 4.54. The third-order valence-electron chi connectivity index (χ3n) is 3.34. The third kappa shape index (κ3) is 3.06. The Morgan fingerprint density at radius 1 is 1.56 bits per heavy atom. The van der Waals surface area contributed by atoms with E-state index in [9.17, 15) is 0 Å². The second-order valence-corrected chi connectivity index (χ2v) is 5.43. The third-order valence-corrected chi connectivity index (χ3v) is 4.07. The second-order valence-electron chi connectivity index (χ2n) is 4.65. The van der Waals surface area contributed by atoms with Crippen LogP contribution in [0.15, 0.2) is 16.8 Å². The first kappa shape index (κ1) is 12.1. The lowest BCUT2D eigenvalue weighted by molar-refractivity contribution is 0.170. The van der Waals surface area contributed by atoms with Crippen molar-refractivity contribution in [3.8, 4) is 0 Å². The molecule has 0 spiro atoms. The second kappa shape index (κ2) is 5.80. The fourth-order valence-corrected chi connectivity index (χ4v) is 2.95. The Bertz CT molecular complexity index is 293. The van der Waals surface area contributed by atoms with Crippen molar-refractivity contribution in [2.45, 2.75) is 44.8 Å². The van der Waals surface area contributed by atoms with Gasteiger partial charge in [0.25, 0.3) is 0 Å². The number of hydrogen-bond donors (Lipinski definition) is 1. The predicted octanol–water partition coefficient (Wildman–Crippen LogP) is 2.71. The molecule has 1 aromatic rings. The van der Waals surface area contributed by atoms with Crippen molar-refractivity contribution in [3.05, 3.63) is 22.4 Å². The first-order valence-corrected chi connectivity index (χ1v) is 7.20. The number of hydrogen-bond acceptors (Lipinski definition) is 3. The van der Waals surface area contributed by atoms with Gasteiger partial charge in [0.1, 0.15) is 0 Å². The molecule has 0 aromatic carbocycles. The van der Waals surface area contributed by atoms with Crippen molar-refractivity contribution >= 4 is 11.3 Å². The highest BCUT2D eigenvalue weighted by Gasteiger charge is 2.32. The SMILES string of the molecule is CCC(CNC)N(Cc1ccsc1)C1CC1. The minimum absolute atomic E-state index is 0.692. The number of thiophene rings is 1. The predicted molar refractivity (Wildman–Crippen MR) is 70.9 cm³/mol. The van der Waals surface area contributed by atoms with Gasteiger partial charge in [0.2, 0.25) is 0 Å². The maximum atomic E-state index is 3.32. The molecule has 3 heteroatoms. The van der Waals surface area contributed by atoms with E-state index in [0.717, 1.165) is 19.1 Å². The minimum atomic E-state index is 0.692. The topological polar surface area (TPSA) is 15.3 Å². The fourth-order valence-electron chi connectivity index (χ4n) is 2.29. The summed E-state index contributed by atoms with van der Waals surface area (Å²) in [7, 11) is 2.05. The van der Waals surface area contributed by atoms with Crippen LogP contribution in [0, 0.1) is 0 Å². The quantitative estimate of drug-likeness (QED) is 0.786. The highest BCUT2D eigenvalue weighted by Crippen LogP contribution is 2.31. The van der Waals surface area contributed by atoms with E-state index in [2.05, 4.69) is 41.0 Å². The van der Waals surface area contributed by atoms with Gasteiger partial charge in [-0.25, -0.2) is 0 Å². The Kier molecular flexibility index (Phi) is 4.38. The lowest BCUT2D eigenvalue weighted by Crippen LogP contribution is -2.42. The van der Waals surface area contributed by atoms with Gasteiger partial charge in [0.15, 0.2) is 0 Å². The Morgan fingerprint density at radius 3 is 2.88 bits per heavy atom. The molecule has 1 N–H and O–H groups in total. The molecule has 2 rings (SSSR count). The molecule has 0 bridgehead atoms. The molecule has 1 heterocycles. The van der Waals surface area contributed by atoms with Gasteiger partial charge in [0, 0.05) is 25.2 Å². The van der Waals surface area contributed by atoms with Gasteiger partial charge in [-0.3, -0.25) is 4.90 Å². The molecule has 0 radical (unpaired) electrons. The Hall–Kier alpha value is -0.380. The maximum absolute atomic E-state index is 3.32.